The van der Waals surface area contributed by atoms with E-state index >= 15 is 0 Å². The smallest absolute Gasteiger partial charge is 0.274 e. The van der Waals surface area contributed by atoms with Crippen LogP contribution < -0.4 is 0 Å². The molecule has 0 radical (unpaired) electrons. The van der Waals surface area contributed by atoms with Crippen molar-refractivity contribution in [1.82, 2.24) is 19.8 Å². The van der Waals surface area contributed by atoms with Crippen LogP contribution >= 0.6 is 11.6 Å². The van der Waals surface area contributed by atoms with E-state index in [1.807, 2.05) is 0 Å². The average Bonchev–Trinajstić information content (AvgIpc) is 2.63. The monoisotopic (exact) mass is 348 g/mol. The first kappa shape index (κ1) is 16.3. The number of amides is 2. The summed E-state index contributed by atoms with van der Waals surface area (Å²) >= 11 is 5.72. The topological polar surface area (TPSA) is 66.4 Å². The Balaban J connectivity index is 1.63. The van der Waals surface area contributed by atoms with Crippen molar-refractivity contribution in [2.24, 2.45) is 0 Å². The van der Waals surface area contributed by atoms with E-state index in [-0.39, 0.29) is 22.5 Å². The number of aromatic nitrogens is 2. The summed E-state index contributed by atoms with van der Waals surface area (Å²) in [6.07, 6.45) is 4.38. The predicted octanol–water partition coefficient (Wildman–Crippen LogP) is 1.87. The van der Waals surface area contributed by atoms with E-state index in [0.717, 1.165) is 0 Å². The van der Waals surface area contributed by atoms with Crippen LogP contribution in [0.3, 0.4) is 0 Å². The highest BCUT2D eigenvalue weighted by molar-refractivity contribution is 6.31. The second-order valence-corrected chi connectivity index (χ2v) is 5.71. The van der Waals surface area contributed by atoms with Gasteiger partial charge in [0.15, 0.2) is 0 Å². The highest BCUT2D eigenvalue weighted by Crippen LogP contribution is 2.18. The normalized spacial score (nSPS) is 14.6. The van der Waals surface area contributed by atoms with Crippen LogP contribution in [-0.4, -0.2) is 57.8 Å². The van der Waals surface area contributed by atoms with E-state index in [0.29, 0.717) is 31.7 Å². The molecule has 0 bridgehead atoms. The Bertz CT molecular complexity index is 764. The van der Waals surface area contributed by atoms with Gasteiger partial charge in [-0.25, -0.2) is 9.37 Å². The molecule has 0 saturated carbocycles. The molecule has 1 aliphatic heterocycles. The number of hydrogen-bond donors (Lipinski definition) is 0. The van der Waals surface area contributed by atoms with Crippen molar-refractivity contribution < 1.29 is 14.0 Å². The molecule has 0 atom stereocenters. The molecule has 1 fully saturated rings. The summed E-state index contributed by atoms with van der Waals surface area (Å²) in [5, 5.41) is -0.0858. The molecule has 2 amide bonds. The fourth-order valence-electron chi connectivity index (χ4n) is 2.50. The minimum Gasteiger partial charge on any atom is -0.335 e. The summed E-state index contributed by atoms with van der Waals surface area (Å²) in [5.74, 6) is -1.00. The molecular weight excluding hydrogens is 335 g/mol. The van der Waals surface area contributed by atoms with E-state index < -0.39 is 5.82 Å². The maximum Gasteiger partial charge on any atom is 0.274 e. The zero-order chi connectivity index (χ0) is 17.1. The van der Waals surface area contributed by atoms with Gasteiger partial charge in [-0.3, -0.25) is 14.6 Å². The van der Waals surface area contributed by atoms with Crippen molar-refractivity contribution in [3.63, 3.8) is 0 Å². The molecule has 2 heterocycles. The summed E-state index contributed by atoms with van der Waals surface area (Å²) in [7, 11) is 0. The van der Waals surface area contributed by atoms with Gasteiger partial charge in [0, 0.05) is 44.1 Å². The van der Waals surface area contributed by atoms with Crippen molar-refractivity contribution in [3.8, 4) is 0 Å². The van der Waals surface area contributed by atoms with Gasteiger partial charge in [-0.1, -0.05) is 11.6 Å². The predicted molar refractivity (Wildman–Crippen MR) is 85.2 cm³/mol. The quantitative estimate of drug-likeness (QED) is 0.831. The van der Waals surface area contributed by atoms with E-state index in [1.54, 1.807) is 9.80 Å². The van der Waals surface area contributed by atoms with E-state index in [2.05, 4.69) is 9.97 Å². The van der Waals surface area contributed by atoms with Gasteiger partial charge >= 0.3 is 0 Å². The van der Waals surface area contributed by atoms with Crippen LogP contribution in [0.5, 0.6) is 0 Å². The third-order valence-electron chi connectivity index (χ3n) is 3.80. The van der Waals surface area contributed by atoms with Crippen molar-refractivity contribution in [1.29, 1.82) is 0 Å². The number of benzene rings is 1. The number of halogens is 2. The Labute approximate surface area is 142 Å². The summed E-state index contributed by atoms with van der Waals surface area (Å²) in [6.45, 7) is 1.58. The third-order valence-corrected chi connectivity index (χ3v) is 4.09. The third kappa shape index (κ3) is 3.35. The summed E-state index contributed by atoms with van der Waals surface area (Å²) in [5.41, 5.74) is 0.609. The Hall–Kier alpha value is -2.54. The molecule has 1 aromatic heterocycles. The van der Waals surface area contributed by atoms with Crippen molar-refractivity contribution in [3.05, 3.63) is 58.9 Å². The summed E-state index contributed by atoms with van der Waals surface area (Å²) in [6, 6.07) is 3.89. The average molecular weight is 349 g/mol. The number of nitrogens with zero attached hydrogens (tertiary/aromatic N) is 4. The van der Waals surface area contributed by atoms with Gasteiger partial charge in [-0.15, -0.1) is 0 Å². The molecule has 1 saturated heterocycles. The van der Waals surface area contributed by atoms with Crippen LogP contribution in [0.25, 0.3) is 0 Å². The minimum absolute atomic E-state index is 0.0858. The molecule has 24 heavy (non-hydrogen) atoms. The zero-order valence-corrected chi connectivity index (χ0v) is 13.4. The highest BCUT2D eigenvalue weighted by atomic mass is 35.5. The molecule has 0 unspecified atom stereocenters. The lowest BCUT2D eigenvalue weighted by Crippen LogP contribution is -2.50. The molecule has 0 spiro atoms. The van der Waals surface area contributed by atoms with Crippen molar-refractivity contribution >= 4 is 23.4 Å². The molecule has 0 N–H and O–H groups in total. The van der Waals surface area contributed by atoms with Crippen molar-refractivity contribution in [2.45, 2.75) is 0 Å². The van der Waals surface area contributed by atoms with Crippen molar-refractivity contribution in [2.75, 3.05) is 26.2 Å². The van der Waals surface area contributed by atoms with Crippen LogP contribution in [-0.2, 0) is 0 Å². The van der Waals surface area contributed by atoms with Gasteiger partial charge in [0.2, 0.25) is 0 Å². The Morgan fingerprint density at radius 2 is 1.71 bits per heavy atom. The second kappa shape index (κ2) is 6.92. The second-order valence-electron chi connectivity index (χ2n) is 5.30. The summed E-state index contributed by atoms with van der Waals surface area (Å²) < 4.78 is 13.2. The largest absolute Gasteiger partial charge is 0.335 e. The molecular formula is C16H14ClFN4O2. The molecule has 0 aliphatic carbocycles. The molecule has 3 rings (SSSR count). The number of carbonyl (C=O) groups excluding carboxylic acids is 2. The lowest BCUT2D eigenvalue weighted by molar-refractivity contribution is 0.0532. The first-order chi connectivity index (χ1) is 11.6. The first-order valence-corrected chi connectivity index (χ1v) is 7.73. The van der Waals surface area contributed by atoms with Gasteiger partial charge in [0.05, 0.1) is 11.2 Å². The fourth-order valence-corrected chi connectivity index (χ4v) is 2.68. The van der Waals surface area contributed by atoms with Gasteiger partial charge in [-0.05, 0) is 18.2 Å². The van der Waals surface area contributed by atoms with E-state index in [1.165, 1.54) is 36.8 Å². The van der Waals surface area contributed by atoms with E-state index in [9.17, 15) is 14.0 Å². The molecule has 1 aliphatic rings. The lowest BCUT2D eigenvalue weighted by atomic mass is 10.1. The standard InChI is InChI=1S/C16H14ClFN4O2/c17-12-9-11(1-2-13(12)18)15(23)21-5-7-22(8-6-21)16(24)14-10-19-3-4-20-14/h1-4,9-10H,5-8H2. The number of piperazine rings is 1. The number of carbonyl (C=O) groups is 2. The first-order valence-electron chi connectivity index (χ1n) is 7.36. The fraction of sp³-hybridized carbons (Fsp3) is 0.250. The SMILES string of the molecule is O=C(c1ccc(F)c(Cl)c1)N1CCN(C(=O)c2cnccn2)CC1. The maximum atomic E-state index is 13.2. The lowest BCUT2D eigenvalue weighted by Gasteiger charge is -2.34. The maximum absolute atomic E-state index is 13.2. The summed E-state index contributed by atoms with van der Waals surface area (Å²) in [4.78, 5) is 35.8. The Kier molecular flexibility index (Phi) is 4.71. The molecule has 124 valence electrons. The molecule has 6 nitrogen and oxygen atoms in total. The van der Waals surface area contributed by atoms with Gasteiger partial charge in [0.25, 0.3) is 11.8 Å². The van der Waals surface area contributed by atoms with Gasteiger partial charge in [0.1, 0.15) is 11.5 Å². The van der Waals surface area contributed by atoms with Crippen LogP contribution in [0.15, 0.2) is 36.8 Å². The van der Waals surface area contributed by atoms with Gasteiger partial charge < -0.3 is 9.80 Å². The Morgan fingerprint density at radius 3 is 2.29 bits per heavy atom. The minimum atomic E-state index is -0.562. The van der Waals surface area contributed by atoms with Gasteiger partial charge in [-0.2, -0.15) is 0 Å². The molecule has 1 aromatic carbocycles. The number of rotatable bonds is 2. The number of hydrogen-bond acceptors (Lipinski definition) is 4. The van der Waals surface area contributed by atoms with Crippen LogP contribution in [0.1, 0.15) is 20.8 Å². The highest BCUT2D eigenvalue weighted by Gasteiger charge is 2.26. The van der Waals surface area contributed by atoms with Crippen LogP contribution in [0.2, 0.25) is 5.02 Å². The van der Waals surface area contributed by atoms with E-state index in [4.69, 9.17) is 11.6 Å². The van der Waals surface area contributed by atoms with Crippen LogP contribution in [0.4, 0.5) is 4.39 Å². The Morgan fingerprint density at radius 1 is 1.04 bits per heavy atom. The van der Waals surface area contributed by atoms with Crippen LogP contribution in [0, 0.1) is 5.82 Å². The molecule has 8 heteroatoms. The molecule has 2 aromatic rings. The zero-order valence-electron chi connectivity index (χ0n) is 12.7.